The van der Waals surface area contributed by atoms with E-state index in [9.17, 15) is 0 Å². The minimum absolute atomic E-state index is 0.850. The molecular weight excluding hydrogens is 372 g/mol. The van der Waals surface area contributed by atoms with Gasteiger partial charge in [-0.1, -0.05) is 18.2 Å². The molecule has 0 amide bonds. The van der Waals surface area contributed by atoms with Crippen molar-refractivity contribution in [3.05, 3.63) is 76.4 Å². The fraction of sp³-hybridized carbons (Fsp3) is 0.190. The van der Waals surface area contributed by atoms with E-state index in [1.54, 1.807) is 22.7 Å². The van der Waals surface area contributed by atoms with Gasteiger partial charge < -0.3 is 0 Å². The van der Waals surface area contributed by atoms with Crippen LogP contribution in [0.15, 0.2) is 59.4 Å². The molecule has 0 saturated heterocycles. The molecule has 0 N–H and O–H groups in total. The normalized spacial score (nSPS) is 14.2. The molecule has 0 aliphatic carbocycles. The third-order valence-corrected chi connectivity index (χ3v) is 6.48. The molecule has 4 nitrogen and oxygen atoms in total. The molecule has 5 rings (SSSR count). The quantitative estimate of drug-likeness (QED) is 0.498. The molecule has 0 atom stereocenters. The minimum atomic E-state index is 0.850. The molecule has 0 spiro atoms. The van der Waals surface area contributed by atoms with Crippen molar-refractivity contribution in [2.45, 2.75) is 19.5 Å². The van der Waals surface area contributed by atoms with Crippen LogP contribution in [0.5, 0.6) is 0 Å². The summed E-state index contributed by atoms with van der Waals surface area (Å²) in [5.41, 5.74) is 4.59. The third kappa shape index (κ3) is 3.56. The molecule has 5 heterocycles. The van der Waals surface area contributed by atoms with Crippen LogP contribution in [0.3, 0.4) is 0 Å². The van der Waals surface area contributed by atoms with Gasteiger partial charge in [-0.15, -0.1) is 22.7 Å². The molecule has 134 valence electrons. The molecule has 0 bridgehead atoms. The molecule has 0 radical (unpaired) electrons. The number of hydrogen-bond donors (Lipinski definition) is 0. The lowest BCUT2D eigenvalue weighted by Gasteiger charge is -2.27. The first-order chi connectivity index (χ1) is 13.3. The fourth-order valence-electron chi connectivity index (χ4n) is 3.39. The highest BCUT2D eigenvalue weighted by Gasteiger charge is 2.19. The maximum absolute atomic E-state index is 4.85. The molecule has 4 aromatic heterocycles. The van der Waals surface area contributed by atoms with Crippen molar-refractivity contribution in [3.63, 3.8) is 0 Å². The third-order valence-electron chi connectivity index (χ3n) is 4.72. The summed E-state index contributed by atoms with van der Waals surface area (Å²) in [6.07, 6.45) is 2.96. The zero-order chi connectivity index (χ0) is 18.1. The lowest BCUT2D eigenvalue weighted by molar-refractivity contribution is 0.240. The second kappa shape index (κ2) is 7.31. The molecule has 0 fully saturated rings. The van der Waals surface area contributed by atoms with Gasteiger partial charge in [-0.05, 0) is 35.0 Å². The highest BCUT2D eigenvalue weighted by atomic mass is 32.1. The number of rotatable bonds is 4. The zero-order valence-corrected chi connectivity index (χ0v) is 16.3. The van der Waals surface area contributed by atoms with Gasteiger partial charge in [0, 0.05) is 37.8 Å². The molecule has 6 heteroatoms. The van der Waals surface area contributed by atoms with Crippen molar-refractivity contribution in [1.29, 1.82) is 0 Å². The first-order valence-corrected chi connectivity index (χ1v) is 10.7. The molecule has 1 aliphatic rings. The first kappa shape index (κ1) is 16.7. The fourth-order valence-corrected chi connectivity index (χ4v) is 4.75. The lowest BCUT2D eigenvalue weighted by atomic mass is 10.1. The smallest absolute Gasteiger partial charge is 0.169 e. The summed E-state index contributed by atoms with van der Waals surface area (Å²) in [7, 11) is 0. The van der Waals surface area contributed by atoms with E-state index in [0.717, 1.165) is 48.1 Å². The van der Waals surface area contributed by atoms with E-state index < -0.39 is 0 Å². The lowest BCUT2D eigenvalue weighted by Crippen LogP contribution is -2.31. The number of thiophene rings is 2. The average molecular weight is 391 g/mol. The number of nitrogens with zero attached hydrogens (tertiary/aromatic N) is 4. The van der Waals surface area contributed by atoms with E-state index in [2.05, 4.69) is 57.0 Å². The maximum atomic E-state index is 4.85. The summed E-state index contributed by atoms with van der Waals surface area (Å²) in [5.74, 6) is 0.850. The Kier molecular flexibility index (Phi) is 4.53. The van der Waals surface area contributed by atoms with E-state index in [4.69, 9.17) is 9.97 Å². The van der Waals surface area contributed by atoms with Crippen molar-refractivity contribution >= 4 is 22.7 Å². The summed E-state index contributed by atoms with van der Waals surface area (Å²) < 4.78 is 0. The van der Waals surface area contributed by atoms with Crippen LogP contribution in [-0.4, -0.2) is 26.4 Å². The zero-order valence-electron chi connectivity index (χ0n) is 14.7. The molecule has 0 saturated carbocycles. The van der Waals surface area contributed by atoms with E-state index >= 15 is 0 Å². The Morgan fingerprint density at radius 3 is 2.59 bits per heavy atom. The van der Waals surface area contributed by atoms with Crippen LogP contribution in [0.1, 0.15) is 17.0 Å². The number of pyridine rings is 1. The van der Waals surface area contributed by atoms with Crippen LogP contribution >= 0.6 is 22.7 Å². The Hall–Kier alpha value is -2.41. The van der Waals surface area contributed by atoms with Gasteiger partial charge >= 0.3 is 0 Å². The van der Waals surface area contributed by atoms with Crippen LogP contribution in [0.2, 0.25) is 0 Å². The van der Waals surface area contributed by atoms with E-state index in [1.807, 2.05) is 12.3 Å². The standard InChI is InChI=1S/C21H18N4S2/c1-4-16(23-18(5-1)19-6-2-10-26-19)14-25-9-8-17-15(13-25)12-22-21(24-17)20-7-3-11-27-20/h1-7,10-12H,8-9,13-14H2. The van der Waals surface area contributed by atoms with E-state index in [-0.39, 0.29) is 0 Å². The van der Waals surface area contributed by atoms with Crippen LogP contribution < -0.4 is 0 Å². The van der Waals surface area contributed by atoms with Crippen LogP contribution in [0.4, 0.5) is 0 Å². The van der Waals surface area contributed by atoms with Gasteiger partial charge in [-0.25, -0.2) is 9.97 Å². The summed E-state index contributed by atoms with van der Waals surface area (Å²) in [6.45, 7) is 2.73. The first-order valence-electron chi connectivity index (χ1n) is 8.96. The number of fused-ring (bicyclic) bond motifs is 1. The van der Waals surface area contributed by atoms with Gasteiger partial charge in [0.2, 0.25) is 0 Å². The van der Waals surface area contributed by atoms with Gasteiger partial charge in [0.25, 0.3) is 0 Å². The van der Waals surface area contributed by atoms with Crippen LogP contribution in [0.25, 0.3) is 21.3 Å². The molecule has 4 aromatic rings. The highest BCUT2D eigenvalue weighted by molar-refractivity contribution is 7.13. The van der Waals surface area contributed by atoms with Crippen molar-refractivity contribution in [2.75, 3.05) is 6.54 Å². The van der Waals surface area contributed by atoms with Crippen LogP contribution in [-0.2, 0) is 19.5 Å². The summed E-state index contributed by atoms with van der Waals surface area (Å²) >= 11 is 3.42. The Morgan fingerprint density at radius 1 is 0.926 bits per heavy atom. The van der Waals surface area contributed by atoms with Crippen LogP contribution in [0, 0.1) is 0 Å². The molecular formula is C21H18N4S2. The summed E-state index contributed by atoms with van der Waals surface area (Å²) in [6, 6.07) is 14.6. The van der Waals surface area contributed by atoms with Gasteiger partial charge in [0.15, 0.2) is 5.82 Å². The Balaban J connectivity index is 1.32. The number of hydrogen-bond acceptors (Lipinski definition) is 6. The average Bonchev–Trinajstić information content (AvgIpc) is 3.42. The number of aromatic nitrogens is 3. The van der Waals surface area contributed by atoms with Gasteiger partial charge in [0.05, 0.1) is 26.8 Å². The highest BCUT2D eigenvalue weighted by Crippen LogP contribution is 2.26. The molecule has 0 unspecified atom stereocenters. The second-order valence-corrected chi connectivity index (χ2v) is 8.49. The molecule has 0 aromatic carbocycles. The predicted octanol–water partition coefficient (Wildman–Crippen LogP) is 4.89. The van der Waals surface area contributed by atoms with Gasteiger partial charge in [0.1, 0.15) is 0 Å². The van der Waals surface area contributed by atoms with E-state index in [1.165, 1.54) is 16.1 Å². The Bertz CT molecular complexity index is 1040. The Morgan fingerprint density at radius 2 is 1.78 bits per heavy atom. The molecule has 1 aliphatic heterocycles. The van der Waals surface area contributed by atoms with Crippen molar-refractivity contribution < 1.29 is 0 Å². The monoisotopic (exact) mass is 390 g/mol. The van der Waals surface area contributed by atoms with Gasteiger partial charge in [-0.3, -0.25) is 9.88 Å². The maximum Gasteiger partial charge on any atom is 0.169 e. The molecule has 27 heavy (non-hydrogen) atoms. The second-order valence-electron chi connectivity index (χ2n) is 6.59. The minimum Gasteiger partial charge on any atom is -0.293 e. The van der Waals surface area contributed by atoms with Crippen molar-refractivity contribution in [2.24, 2.45) is 0 Å². The van der Waals surface area contributed by atoms with E-state index in [0.29, 0.717) is 0 Å². The summed E-state index contributed by atoms with van der Waals surface area (Å²) in [4.78, 5) is 19.0. The van der Waals surface area contributed by atoms with Gasteiger partial charge in [-0.2, -0.15) is 0 Å². The van der Waals surface area contributed by atoms with Crippen molar-refractivity contribution in [3.8, 4) is 21.3 Å². The largest absolute Gasteiger partial charge is 0.293 e. The van der Waals surface area contributed by atoms with Crippen molar-refractivity contribution in [1.82, 2.24) is 19.9 Å². The summed E-state index contributed by atoms with van der Waals surface area (Å²) in [5, 5.41) is 4.16. The predicted molar refractivity (Wildman–Crippen MR) is 111 cm³/mol. The topological polar surface area (TPSA) is 41.9 Å². The Labute approximate surface area is 166 Å². The SMILES string of the molecule is c1cc(CN2CCc3nc(-c4cccs4)ncc3C2)nc(-c2cccs2)c1.